The number of benzene rings is 2. The molecule has 1 heterocycles. The van der Waals surface area contributed by atoms with Gasteiger partial charge in [-0.1, -0.05) is 23.7 Å². The number of rotatable bonds is 7. The zero-order valence-electron chi connectivity index (χ0n) is 16.5. The normalized spacial score (nSPS) is 10.5. The summed E-state index contributed by atoms with van der Waals surface area (Å²) in [6, 6.07) is 11.0. The van der Waals surface area contributed by atoms with Crippen LogP contribution < -0.4 is 19.5 Å². The fourth-order valence-corrected chi connectivity index (χ4v) is 3.89. The molecule has 0 bridgehead atoms. The van der Waals surface area contributed by atoms with Gasteiger partial charge in [-0.2, -0.15) is 0 Å². The van der Waals surface area contributed by atoms with Gasteiger partial charge in [-0.3, -0.25) is 4.79 Å². The predicted octanol–water partition coefficient (Wildman–Crippen LogP) is 4.98. The van der Waals surface area contributed by atoms with E-state index in [9.17, 15) is 4.79 Å². The number of carbonyl (C=O) groups is 1. The molecule has 6 nitrogen and oxygen atoms in total. The van der Waals surface area contributed by atoms with Gasteiger partial charge in [0, 0.05) is 15.5 Å². The van der Waals surface area contributed by atoms with Crippen LogP contribution in [0.4, 0.5) is 5.13 Å². The van der Waals surface area contributed by atoms with Crippen LogP contribution in [0.3, 0.4) is 0 Å². The van der Waals surface area contributed by atoms with Crippen LogP contribution in [0.5, 0.6) is 17.2 Å². The van der Waals surface area contributed by atoms with Crippen LogP contribution in [0.2, 0.25) is 5.02 Å². The van der Waals surface area contributed by atoms with E-state index in [1.165, 1.54) is 32.7 Å². The number of methoxy groups -OCH3 is 3. The van der Waals surface area contributed by atoms with Gasteiger partial charge in [-0.05, 0) is 36.8 Å². The average molecular weight is 433 g/mol. The molecule has 0 spiro atoms. The van der Waals surface area contributed by atoms with E-state index >= 15 is 0 Å². The van der Waals surface area contributed by atoms with Crippen molar-refractivity contribution in [3.05, 3.63) is 51.9 Å². The van der Waals surface area contributed by atoms with Crippen molar-refractivity contribution < 1.29 is 19.0 Å². The number of thiazole rings is 1. The number of halogens is 1. The van der Waals surface area contributed by atoms with Crippen molar-refractivity contribution >= 4 is 34.0 Å². The molecule has 0 unspecified atom stereocenters. The zero-order chi connectivity index (χ0) is 21.0. The molecule has 0 radical (unpaired) electrons. The highest BCUT2D eigenvalue weighted by Crippen LogP contribution is 2.38. The Balaban J connectivity index is 1.76. The van der Waals surface area contributed by atoms with Crippen molar-refractivity contribution in [2.24, 2.45) is 0 Å². The second kappa shape index (κ2) is 9.15. The largest absolute Gasteiger partial charge is 0.493 e. The Morgan fingerprint density at radius 3 is 2.24 bits per heavy atom. The van der Waals surface area contributed by atoms with Crippen LogP contribution in [-0.4, -0.2) is 32.2 Å². The minimum Gasteiger partial charge on any atom is -0.493 e. The van der Waals surface area contributed by atoms with Crippen molar-refractivity contribution in [1.29, 1.82) is 0 Å². The SMILES string of the molecule is COc1cc(CC(=O)Nc2nc(-c3ccc(Cl)cc3)c(C)s2)cc(OC)c1OC. The quantitative estimate of drug-likeness (QED) is 0.570. The van der Waals surface area contributed by atoms with E-state index in [0.717, 1.165) is 21.7 Å². The molecule has 0 fully saturated rings. The molecule has 2 aromatic carbocycles. The lowest BCUT2D eigenvalue weighted by Gasteiger charge is -2.13. The first-order valence-electron chi connectivity index (χ1n) is 8.77. The van der Waals surface area contributed by atoms with Crippen LogP contribution in [-0.2, 0) is 11.2 Å². The smallest absolute Gasteiger partial charge is 0.230 e. The van der Waals surface area contributed by atoms with Crippen LogP contribution in [0.15, 0.2) is 36.4 Å². The summed E-state index contributed by atoms with van der Waals surface area (Å²) in [4.78, 5) is 18.1. The fourth-order valence-electron chi connectivity index (χ4n) is 2.91. The number of hydrogen-bond donors (Lipinski definition) is 1. The highest BCUT2D eigenvalue weighted by molar-refractivity contribution is 7.16. The molecule has 3 aromatic rings. The lowest BCUT2D eigenvalue weighted by molar-refractivity contribution is -0.115. The summed E-state index contributed by atoms with van der Waals surface area (Å²) in [5.74, 6) is 1.31. The first-order chi connectivity index (χ1) is 13.9. The standard InChI is InChI=1S/C21H21ClN2O4S/c1-12-19(14-5-7-15(22)8-6-14)24-21(29-12)23-18(25)11-13-9-16(26-2)20(28-4)17(10-13)27-3/h5-10H,11H2,1-4H3,(H,23,24,25). The maximum Gasteiger partial charge on any atom is 0.230 e. The van der Waals surface area contributed by atoms with E-state index in [-0.39, 0.29) is 12.3 Å². The molecule has 8 heteroatoms. The second-order valence-corrected chi connectivity index (χ2v) is 7.83. The maximum absolute atomic E-state index is 12.6. The molecule has 152 valence electrons. The molecule has 29 heavy (non-hydrogen) atoms. The molecule has 1 N–H and O–H groups in total. The van der Waals surface area contributed by atoms with Gasteiger partial charge in [0.05, 0.1) is 33.4 Å². The van der Waals surface area contributed by atoms with Gasteiger partial charge in [0.15, 0.2) is 16.6 Å². The number of anilines is 1. The summed E-state index contributed by atoms with van der Waals surface area (Å²) in [6.07, 6.45) is 0.144. The van der Waals surface area contributed by atoms with E-state index in [4.69, 9.17) is 25.8 Å². The third-order valence-electron chi connectivity index (χ3n) is 4.25. The highest BCUT2D eigenvalue weighted by atomic mass is 35.5. The Labute approximate surface area is 178 Å². The first-order valence-corrected chi connectivity index (χ1v) is 9.96. The Bertz CT molecular complexity index is 993. The summed E-state index contributed by atoms with van der Waals surface area (Å²) < 4.78 is 16.0. The molecule has 0 saturated carbocycles. The maximum atomic E-state index is 12.6. The van der Waals surface area contributed by atoms with Crippen LogP contribution >= 0.6 is 22.9 Å². The average Bonchev–Trinajstić information content (AvgIpc) is 3.07. The number of nitrogens with zero attached hydrogens (tertiary/aromatic N) is 1. The molecular formula is C21H21ClN2O4S. The van der Waals surface area contributed by atoms with Crippen molar-refractivity contribution in [2.75, 3.05) is 26.6 Å². The van der Waals surface area contributed by atoms with Crippen LogP contribution in [0.1, 0.15) is 10.4 Å². The molecule has 0 atom stereocenters. The first kappa shape index (κ1) is 21.0. The number of ether oxygens (including phenoxy) is 3. The number of aromatic nitrogens is 1. The predicted molar refractivity (Wildman–Crippen MR) is 116 cm³/mol. The van der Waals surface area contributed by atoms with Gasteiger partial charge in [0.25, 0.3) is 0 Å². The Morgan fingerprint density at radius 2 is 1.69 bits per heavy atom. The monoisotopic (exact) mass is 432 g/mol. The van der Waals surface area contributed by atoms with Crippen molar-refractivity contribution in [3.63, 3.8) is 0 Å². The Kier molecular flexibility index (Phi) is 6.61. The van der Waals surface area contributed by atoms with E-state index in [0.29, 0.717) is 27.4 Å². The Morgan fingerprint density at radius 1 is 1.07 bits per heavy atom. The van der Waals surface area contributed by atoms with Gasteiger partial charge in [-0.25, -0.2) is 4.98 Å². The minimum atomic E-state index is -0.185. The molecule has 0 aliphatic rings. The minimum absolute atomic E-state index is 0.144. The molecule has 1 amide bonds. The number of carbonyl (C=O) groups excluding carboxylic acids is 1. The molecule has 0 aliphatic heterocycles. The molecular weight excluding hydrogens is 412 g/mol. The van der Waals surface area contributed by atoms with E-state index in [1.807, 2.05) is 31.2 Å². The highest BCUT2D eigenvalue weighted by Gasteiger charge is 2.16. The van der Waals surface area contributed by atoms with Gasteiger partial charge >= 0.3 is 0 Å². The van der Waals surface area contributed by atoms with Crippen molar-refractivity contribution in [1.82, 2.24) is 4.98 Å². The van der Waals surface area contributed by atoms with Gasteiger partial charge < -0.3 is 19.5 Å². The number of aryl methyl sites for hydroxylation is 1. The van der Waals surface area contributed by atoms with E-state index in [2.05, 4.69) is 10.3 Å². The summed E-state index contributed by atoms with van der Waals surface area (Å²) in [5.41, 5.74) is 2.52. The summed E-state index contributed by atoms with van der Waals surface area (Å²) in [5, 5.41) is 4.08. The number of nitrogens with one attached hydrogen (secondary N) is 1. The van der Waals surface area contributed by atoms with E-state index in [1.54, 1.807) is 12.1 Å². The lowest BCUT2D eigenvalue weighted by Crippen LogP contribution is -2.14. The Hall–Kier alpha value is -2.77. The summed E-state index contributed by atoms with van der Waals surface area (Å²) in [6.45, 7) is 1.97. The molecule has 0 saturated heterocycles. The van der Waals surface area contributed by atoms with Gasteiger partial charge in [0.2, 0.25) is 11.7 Å². The third kappa shape index (κ3) is 4.81. The molecule has 1 aromatic heterocycles. The lowest BCUT2D eigenvalue weighted by atomic mass is 10.1. The van der Waals surface area contributed by atoms with Gasteiger partial charge in [0.1, 0.15) is 0 Å². The summed E-state index contributed by atoms with van der Waals surface area (Å²) in [7, 11) is 4.62. The molecule has 3 rings (SSSR count). The van der Waals surface area contributed by atoms with E-state index < -0.39 is 0 Å². The van der Waals surface area contributed by atoms with Crippen LogP contribution in [0.25, 0.3) is 11.3 Å². The summed E-state index contributed by atoms with van der Waals surface area (Å²) >= 11 is 7.38. The van der Waals surface area contributed by atoms with Crippen LogP contribution in [0, 0.1) is 6.92 Å². The fraction of sp³-hybridized carbons (Fsp3) is 0.238. The zero-order valence-corrected chi connectivity index (χ0v) is 18.1. The number of amides is 1. The number of hydrogen-bond acceptors (Lipinski definition) is 6. The third-order valence-corrected chi connectivity index (χ3v) is 5.39. The van der Waals surface area contributed by atoms with Crippen molar-refractivity contribution in [3.8, 4) is 28.5 Å². The van der Waals surface area contributed by atoms with Crippen molar-refractivity contribution in [2.45, 2.75) is 13.3 Å². The second-order valence-electron chi connectivity index (χ2n) is 6.19. The van der Waals surface area contributed by atoms with Gasteiger partial charge in [-0.15, -0.1) is 11.3 Å². The molecule has 0 aliphatic carbocycles. The topological polar surface area (TPSA) is 69.7 Å².